The lowest BCUT2D eigenvalue weighted by Gasteiger charge is -2.29. The summed E-state index contributed by atoms with van der Waals surface area (Å²) in [5, 5.41) is 0. The molecule has 1 aromatic rings. The summed E-state index contributed by atoms with van der Waals surface area (Å²) in [6.07, 6.45) is 1.94. The zero-order chi connectivity index (χ0) is 12.5. The van der Waals surface area contributed by atoms with Crippen molar-refractivity contribution in [2.75, 3.05) is 18.6 Å². The molecule has 1 aromatic carbocycles. The number of hydrogen-bond acceptors (Lipinski definition) is 3. The quantitative estimate of drug-likeness (QED) is 0.652. The number of hydrogen-bond donors (Lipinski definition) is 1. The van der Waals surface area contributed by atoms with Gasteiger partial charge in [-0.2, -0.15) is 0 Å². The van der Waals surface area contributed by atoms with Crippen LogP contribution < -0.4 is 5.73 Å². The van der Waals surface area contributed by atoms with Gasteiger partial charge in [0.05, 0.1) is 6.10 Å². The average molecular weight is 259 g/mol. The summed E-state index contributed by atoms with van der Waals surface area (Å²) >= 11 is 1.54. The average Bonchev–Trinajstić information content (AvgIpc) is 2.30. The van der Waals surface area contributed by atoms with Gasteiger partial charge in [-0.25, -0.2) is 8.78 Å². The Labute approximate surface area is 104 Å². The molecule has 1 unspecified atom stereocenters. The number of halogens is 2. The van der Waals surface area contributed by atoms with Gasteiger partial charge in [0.25, 0.3) is 5.92 Å². The van der Waals surface area contributed by atoms with E-state index >= 15 is 0 Å². The molecule has 2 rings (SSSR count). The first-order valence-electron chi connectivity index (χ1n) is 5.45. The highest BCUT2D eigenvalue weighted by Gasteiger charge is 2.36. The molecule has 0 spiro atoms. The van der Waals surface area contributed by atoms with Crippen molar-refractivity contribution in [1.82, 2.24) is 0 Å². The third-order valence-corrected chi connectivity index (χ3v) is 3.69. The standard InChI is InChI=1S/C12H15F2NOS/c1-17-11-6-8(2-3-9(11)15)10-4-5-12(13,14)7-16-10/h2-3,6,10H,4-5,7,15H2,1H3. The van der Waals surface area contributed by atoms with Crippen LogP contribution in [-0.4, -0.2) is 18.8 Å². The Morgan fingerprint density at radius 2 is 2.24 bits per heavy atom. The van der Waals surface area contributed by atoms with Gasteiger partial charge in [-0.3, -0.25) is 0 Å². The summed E-state index contributed by atoms with van der Waals surface area (Å²) in [5.74, 6) is -2.67. The van der Waals surface area contributed by atoms with Crippen molar-refractivity contribution in [3.63, 3.8) is 0 Å². The Kier molecular flexibility index (Phi) is 3.58. The maximum atomic E-state index is 13.0. The monoisotopic (exact) mass is 259 g/mol. The summed E-state index contributed by atoms with van der Waals surface area (Å²) in [7, 11) is 0. The summed E-state index contributed by atoms with van der Waals surface area (Å²) in [5.41, 5.74) is 7.43. The molecular formula is C12H15F2NOS. The summed E-state index contributed by atoms with van der Waals surface area (Å²) in [6, 6.07) is 5.58. The first kappa shape index (κ1) is 12.6. The van der Waals surface area contributed by atoms with Gasteiger partial charge in [0.1, 0.15) is 6.61 Å². The molecule has 0 aromatic heterocycles. The lowest BCUT2D eigenvalue weighted by Crippen LogP contribution is -2.30. The normalized spacial score (nSPS) is 23.6. The molecule has 1 fully saturated rings. The zero-order valence-electron chi connectivity index (χ0n) is 9.58. The lowest BCUT2D eigenvalue weighted by atomic mass is 9.99. The predicted octanol–water partition coefficient (Wildman–Crippen LogP) is 3.48. The molecule has 0 radical (unpaired) electrons. The van der Waals surface area contributed by atoms with E-state index in [1.165, 1.54) is 0 Å². The largest absolute Gasteiger partial charge is 0.398 e. The van der Waals surface area contributed by atoms with Gasteiger partial charge < -0.3 is 10.5 Å². The van der Waals surface area contributed by atoms with Gasteiger partial charge >= 0.3 is 0 Å². The third-order valence-electron chi connectivity index (χ3n) is 2.90. The fourth-order valence-electron chi connectivity index (χ4n) is 1.91. The molecule has 0 saturated carbocycles. The van der Waals surface area contributed by atoms with E-state index in [0.29, 0.717) is 12.1 Å². The molecule has 94 valence electrons. The molecule has 2 N–H and O–H groups in total. The topological polar surface area (TPSA) is 35.2 Å². The van der Waals surface area contributed by atoms with E-state index in [4.69, 9.17) is 10.5 Å². The third kappa shape index (κ3) is 2.90. The summed E-state index contributed by atoms with van der Waals surface area (Å²) in [6.45, 7) is -0.489. The number of nitrogen functional groups attached to an aromatic ring is 1. The minimum atomic E-state index is -2.67. The van der Waals surface area contributed by atoms with Gasteiger partial charge in [0.15, 0.2) is 0 Å². The number of anilines is 1. The molecule has 17 heavy (non-hydrogen) atoms. The van der Waals surface area contributed by atoms with Crippen LogP contribution in [0.4, 0.5) is 14.5 Å². The van der Waals surface area contributed by atoms with E-state index < -0.39 is 12.5 Å². The number of thioether (sulfide) groups is 1. The summed E-state index contributed by atoms with van der Waals surface area (Å²) in [4.78, 5) is 0.962. The van der Waals surface area contributed by atoms with Crippen LogP contribution >= 0.6 is 11.8 Å². The van der Waals surface area contributed by atoms with Crippen molar-refractivity contribution in [2.24, 2.45) is 0 Å². The van der Waals surface area contributed by atoms with E-state index in [1.54, 1.807) is 17.8 Å². The summed E-state index contributed by atoms with van der Waals surface area (Å²) < 4.78 is 31.1. The molecule has 1 aliphatic heterocycles. The van der Waals surface area contributed by atoms with E-state index in [9.17, 15) is 8.78 Å². The Morgan fingerprint density at radius 3 is 2.82 bits per heavy atom. The van der Waals surface area contributed by atoms with E-state index in [0.717, 1.165) is 10.5 Å². The van der Waals surface area contributed by atoms with Gasteiger partial charge in [-0.15, -0.1) is 11.8 Å². The lowest BCUT2D eigenvalue weighted by molar-refractivity contribution is -0.145. The van der Waals surface area contributed by atoms with E-state index in [1.807, 2.05) is 18.4 Å². The molecule has 1 atom stereocenters. The van der Waals surface area contributed by atoms with Crippen molar-refractivity contribution in [3.05, 3.63) is 23.8 Å². The Morgan fingerprint density at radius 1 is 1.47 bits per heavy atom. The van der Waals surface area contributed by atoms with Crippen LogP contribution in [0.5, 0.6) is 0 Å². The molecule has 0 amide bonds. The van der Waals surface area contributed by atoms with Crippen LogP contribution in [0.2, 0.25) is 0 Å². The SMILES string of the molecule is CSc1cc(C2CCC(F)(F)CO2)ccc1N. The van der Waals surface area contributed by atoms with Crippen LogP contribution in [0.15, 0.2) is 23.1 Å². The number of alkyl halides is 2. The highest BCUT2D eigenvalue weighted by molar-refractivity contribution is 7.98. The first-order chi connectivity index (χ1) is 8.02. The first-order valence-corrected chi connectivity index (χ1v) is 6.67. The van der Waals surface area contributed by atoms with Gasteiger partial charge in [0, 0.05) is 17.0 Å². The van der Waals surface area contributed by atoms with Crippen LogP contribution in [0.25, 0.3) is 0 Å². The van der Waals surface area contributed by atoms with Crippen molar-refractivity contribution in [1.29, 1.82) is 0 Å². The number of nitrogens with two attached hydrogens (primary N) is 1. The highest BCUT2D eigenvalue weighted by Crippen LogP contribution is 2.37. The molecule has 1 aliphatic rings. The van der Waals surface area contributed by atoms with Crippen molar-refractivity contribution >= 4 is 17.4 Å². The van der Waals surface area contributed by atoms with Gasteiger partial charge in [-0.1, -0.05) is 6.07 Å². The molecule has 1 heterocycles. The fourth-order valence-corrected chi connectivity index (χ4v) is 2.47. The predicted molar refractivity (Wildman–Crippen MR) is 65.5 cm³/mol. The number of rotatable bonds is 2. The second kappa shape index (κ2) is 4.82. The molecule has 5 heteroatoms. The van der Waals surface area contributed by atoms with Crippen LogP contribution in [0.1, 0.15) is 24.5 Å². The molecular weight excluding hydrogens is 244 g/mol. The molecule has 2 nitrogen and oxygen atoms in total. The van der Waals surface area contributed by atoms with E-state index in [-0.39, 0.29) is 12.5 Å². The highest BCUT2D eigenvalue weighted by atomic mass is 32.2. The Hall–Kier alpha value is -0.810. The van der Waals surface area contributed by atoms with Crippen LogP contribution in [0.3, 0.4) is 0 Å². The van der Waals surface area contributed by atoms with Crippen molar-refractivity contribution in [2.45, 2.75) is 29.8 Å². The van der Waals surface area contributed by atoms with Crippen molar-refractivity contribution < 1.29 is 13.5 Å². The van der Waals surface area contributed by atoms with Crippen molar-refractivity contribution in [3.8, 4) is 0 Å². The fraction of sp³-hybridized carbons (Fsp3) is 0.500. The minimum Gasteiger partial charge on any atom is -0.398 e. The van der Waals surface area contributed by atoms with E-state index in [2.05, 4.69) is 0 Å². The smallest absolute Gasteiger partial charge is 0.271 e. The van der Waals surface area contributed by atoms with Crippen LogP contribution in [-0.2, 0) is 4.74 Å². The van der Waals surface area contributed by atoms with Gasteiger partial charge in [-0.05, 0) is 30.4 Å². The molecule has 1 saturated heterocycles. The minimum absolute atomic E-state index is 0.114. The zero-order valence-corrected chi connectivity index (χ0v) is 10.4. The second-order valence-corrected chi connectivity index (χ2v) is 5.04. The Bertz CT molecular complexity index is 401. The molecule has 0 bridgehead atoms. The second-order valence-electron chi connectivity index (χ2n) is 4.20. The Balaban J connectivity index is 2.13. The number of benzene rings is 1. The maximum absolute atomic E-state index is 13.0. The van der Waals surface area contributed by atoms with Crippen LogP contribution in [0, 0.1) is 0 Å². The molecule has 0 aliphatic carbocycles. The van der Waals surface area contributed by atoms with Gasteiger partial charge in [0.2, 0.25) is 0 Å². The maximum Gasteiger partial charge on any atom is 0.271 e. The number of ether oxygens (including phenoxy) is 1.